The SMILES string of the molecule is CCCCC[CH]OC1CC1. The van der Waals surface area contributed by atoms with Gasteiger partial charge in [-0.25, -0.2) is 0 Å². The van der Waals surface area contributed by atoms with Crippen LogP contribution in [0.2, 0.25) is 0 Å². The van der Waals surface area contributed by atoms with Crippen molar-refractivity contribution >= 4 is 0 Å². The zero-order valence-electron chi connectivity index (χ0n) is 6.81. The standard InChI is InChI=1S/C9H17O/c1-2-3-4-5-8-10-9-6-7-9/h8-9H,2-7H2,1H3. The first-order valence-corrected chi connectivity index (χ1v) is 4.40. The number of hydrogen-bond acceptors (Lipinski definition) is 1. The Labute approximate surface area is 63.8 Å². The van der Waals surface area contributed by atoms with Gasteiger partial charge in [0.05, 0.1) is 12.7 Å². The van der Waals surface area contributed by atoms with Crippen molar-refractivity contribution < 1.29 is 4.74 Å². The van der Waals surface area contributed by atoms with Crippen molar-refractivity contribution in [3.05, 3.63) is 6.61 Å². The second kappa shape index (κ2) is 4.73. The quantitative estimate of drug-likeness (QED) is 0.517. The number of rotatable bonds is 6. The van der Waals surface area contributed by atoms with Crippen LogP contribution in [-0.4, -0.2) is 6.10 Å². The van der Waals surface area contributed by atoms with E-state index >= 15 is 0 Å². The number of hydrogen-bond donors (Lipinski definition) is 0. The topological polar surface area (TPSA) is 9.23 Å². The third-order valence-electron chi connectivity index (χ3n) is 1.74. The lowest BCUT2D eigenvalue weighted by Crippen LogP contribution is -1.89. The summed E-state index contributed by atoms with van der Waals surface area (Å²) in [5.41, 5.74) is 0. The van der Waals surface area contributed by atoms with E-state index in [1.807, 2.05) is 6.61 Å². The summed E-state index contributed by atoms with van der Waals surface area (Å²) in [6.45, 7) is 4.22. The molecular weight excluding hydrogens is 124 g/mol. The van der Waals surface area contributed by atoms with Crippen molar-refractivity contribution in [2.45, 2.75) is 51.6 Å². The van der Waals surface area contributed by atoms with Gasteiger partial charge in [0.25, 0.3) is 0 Å². The smallest absolute Gasteiger partial charge is 0.0840 e. The van der Waals surface area contributed by atoms with E-state index in [9.17, 15) is 0 Å². The number of ether oxygens (including phenoxy) is 1. The van der Waals surface area contributed by atoms with Gasteiger partial charge < -0.3 is 4.74 Å². The van der Waals surface area contributed by atoms with Crippen molar-refractivity contribution in [3.8, 4) is 0 Å². The lowest BCUT2D eigenvalue weighted by molar-refractivity contribution is 0.175. The maximum Gasteiger partial charge on any atom is 0.0840 e. The predicted molar refractivity (Wildman–Crippen MR) is 42.5 cm³/mol. The zero-order chi connectivity index (χ0) is 7.23. The largest absolute Gasteiger partial charge is 0.372 e. The first kappa shape index (κ1) is 8.06. The van der Waals surface area contributed by atoms with Crippen LogP contribution in [0, 0.1) is 6.61 Å². The molecule has 0 N–H and O–H groups in total. The van der Waals surface area contributed by atoms with Gasteiger partial charge >= 0.3 is 0 Å². The Morgan fingerprint density at radius 2 is 2.20 bits per heavy atom. The summed E-state index contributed by atoms with van der Waals surface area (Å²) in [5, 5.41) is 0. The van der Waals surface area contributed by atoms with E-state index in [0.29, 0.717) is 6.10 Å². The summed E-state index contributed by atoms with van der Waals surface area (Å²) in [6, 6.07) is 0. The first-order valence-electron chi connectivity index (χ1n) is 4.40. The molecule has 1 nitrogen and oxygen atoms in total. The lowest BCUT2D eigenvalue weighted by Gasteiger charge is -1.98. The van der Waals surface area contributed by atoms with Crippen LogP contribution in [0.5, 0.6) is 0 Å². The summed E-state index contributed by atoms with van der Waals surface area (Å²) in [6.07, 6.45) is 8.24. The Bertz CT molecular complexity index is 76.8. The molecule has 1 aliphatic rings. The molecule has 10 heavy (non-hydrogen) atoms. The van der Waals surface area contributed by atoms with Gasteiger partial charge in [0.15, 0.2) is 0 Å². The van der Waals surface area contributed by atoms with Crippen molar-refractivity contribution in [3.63, 3.8) is 0 Å². The molecule has 0 aromatic carbocycles. The minimum Gasteiger partial charge on any atom is -0.372 e. The fourth-order valence-corrected chi connectivity index (χ4v) is 0.886. The summed E-state index contributed by atoms with van der Waals surface area (Å²) >= 11 is 0. The molecule has 0 aromatic rings. The van der Waals surface area contributed by atoms with Crippen LogP contribution in [0.3, 0.4) is 0 Å². The van der Waals surface area contributed by atoms with Crippen LogP contribution in [0.15, 0.2) is 0 Å². The van der Waals surface area contributed by atoms with Gasteiger partial charge in [-0.2, -0.15) is 0 Å². The maximum atomic E-state index is 5.37. The zero-order valence-corrected chi connectivity index (χ0v) is 6.81. The van der Waals surface area contributed by atoms with Gasteiger partial charge in [0.2, 0.25) is 0 Å². The van der Waals surface area contributed by atoms with Crippen LogP contribution in [-0.2, 0) is 4.74 Å². The molecule has 0 atom stereocenters. The molecule has 0 unspecified atom stereocenters. The number of unbranched alkanes of at least 4 members (excludes halogenated alkanes) is 3. The van der Waals surface area contributed by atoms with Crippen LogP contribution < -0.4 is 0 Å². The molecule has 59 valence electrons. The van der Waals surface area contributed by atoms with Gasteiger partial charge in [0.1, 0.15) is 0 Å². The molecule has 0 saturated heterocycles. The average molecular weight is 141 g/mol. The molecule has 0 aromatic heterocycles. The molecule has 1 saturated carbocycles. The van der Waals surface area contributed by atoms with E-state index in [1.54, 1.807) is 0 Å². The molecule has 1 fully saturated rings. The molecule has 1 heteroatoms. The summed E-state index contributed by atoms with van der Waals surface area (Å²) in [4.78, 5) is 0. The summed E-state index contributed by atoms with van der Waals surface area (Å²) < 4.78 is 5.37. The second-order valence-corrected chi connectivity index (χ2v) is 3.00. The molecule has 0 heterocycles. The third-order valence-corrected chi connectivity index (χ3v) is 1.74. The normalized spacial score (nSPS) is 17.7. The first-order chi connectivity index (χ1) is 4.93. The highest BCUT2D eigenvalue weighted by Crippen LogP contribution is 2.24. The summed E-state index contributed by atoms with van der Waals surface area (Å²) in [5.74, 6) is 0. The highest BCUT2D eigenvalue weighted by atomic mass is 16.5. The van der Waals surface area contributed by atoms with Gasteiger partial charge in [-0.15, -0.1) is 0 Å². The van der Waals surface area contributed by atoms with Crippen LogP contribution in [0.4, 0.5) is 0 Å². The molecule has 1 aliphatic carbocycles. The van der Waals surface area contributed by atoms with Crippen LogP contribution >= 0.6 is 0 Å². The minimum absolute atomic E-state index is 0.599. The van der Waals surface area contributed by atoms with Crippen molar-refractivity contribution in [1.82, 2.24) is 0 Å². The minimum atomic E-state index is 0.599. The molecule has 1 radical (unpaired) electrons. The van der Waals surface area contributed by atoms with E-state index in [1.165, 1.54) is 32.1 Å². The molecule has 0 spiro atoms. The Morgan fingerprint density at radius 1 is 1.40 bits per heavy atom. The Balaban J connectivity index is 1.68. The average Bonchev–Trinajstić information content (AvgIpc) is 2.71. The van der Waals surface area contributed by atoms with E-state index in [0.717, 1.165) is 6.42 Å². The molecule has 0 aliphatic heterocycles. The van der Waals surface area contributed by atoms with E-state index in [-0.39, 0.29) is 0 Å². The van der Waals surface area contributed by atoms with Gasteiger partial charge in [-0.05, 0) is 19.3 Å². The monoisotopic (exact) mass is 141 g/mol. The molecule has 0 bridgehead atoms. The lowest BCUT2D eigenvalue weighted by atomic mass is 10.2. The highest BCUT2D eigenvalue weighted by Gasteiger charge is 2.21. The Kier molecular flexibility index (Phi) is 3.81. The third kappa shape index (κ3) is 3.89. The van der Waals surface area contributed by atoms with Crippen LogP contribution in [0.25, 0.3) is 0 Å². The van der Waals surface area contributed by atoms with E-state index < -0.39 is 0 Å². The molecule has 1 rings (SSSR count). The molecular formula is C9H17O. The van der Waals surface area contributed by atoms with Crippen molar-refractivity contribution in [2.75, 3.05) is 0 Å². The second-order valence-electron chi connectivity index (χ2n) is 3.00. The van der Waals surface area contributed by atoms with E-state index in [4.69, 9.17) is 4.74 Å². The highest BCUT2D eigenvalue weighted by molar-refractivity contribution is 4.74. The Hall–Kier alpha value is -0.0400. The fraction of sp³-hybridized carbons (Fsp3) is 0.889. The maximum absolute atomic E-state index is 5.37. The van der Waals surface area contributed by atoms with Gasteiger partial charge in [-0.1, -0.05) is 26.2 Å². The van der Waals surface area contributed by atoms with Gasteiger partial charge in [-0.3, -0.25) is 0 Å². The van der Waals surface area contributed by atoms with Crippen molar-refractivity contribution in [1.29, 1.82) is 0 Å². The van der Waals surface area contributed by atoms with Crippen molar-refractivity contribution in [2.24, 2.45) is 0 Å². The predicted octanol–water partition coefficient (Wildman–Crippen LogP) is 2.91. The summed E-state index contributed by atoms with van der Waals surface area (Å²) in [7, 11) is 0. The molecule has 0 amide bonds. The van der Waals surface area contributed by atoms with Crippen LogP contribution in [0.1, 0.15) is 45.4 Å². The van der Waals surface area contributed by atoms with E-state index in [2.05, 4.69) is 6.92 Å². The van der Waals surface area contributed by atoms with Gasteiger partial charge in [0, 0.05) is 0 Å². The fourth-order valence-electron chi connectivity index (χ4n) is 0.886. The Morgan fingerprint density at radius 3 is 2.80 bits per heavy atom.